The number of aromatic nitrogens is 1. The molecule has 3 rings (SSSR count). The second-order valence-electron chi connectivity index (χ2n) is 4.71. The number of para-hydroxylation sites is 1. The normalized spacial score (nSPS) is 10.4. The third-order valence-electron chi connectivity index (χ3n) is 3.26. The second-order valence-corrected chi connectivity index (χ2v) is 5.57. The summed E-state index contributed by atoms with van der Waals surface area (Å²) in [7, 11) is 1.67. The molecule has 0 atom stereocenters. The van der Waals surface area contributed by atoms with Crippen molar-refractivity contribution in [2.24, 2.45) is 0 Å². The molecule has 0 fully saturated rings. The van der Waals surface area contributed by atoms with Gasteiger partial charge in [0.05, 0.1) is 12.8 Å². The molecule has 21 heavy (non-hydrogen) atoms. The molecule has 1 heterocycles. The van der Waals surface area contributed by atoms with Crippen molar-refractivity contribution < 1.29 is 4.74 Å². The van der Waals surface area contributed by atoms with Gasteiger partial charge in [0, 0.05) is 16.6 Å². The number of hydrogen-bond acceptors (Lipinski definition) is 4. The zero-order chi connectivity index (χ0) is 14.7. The zero-order valence-corrected chi connectivity index (χ0v) is 12.8. The van der Waals surface area contributed by atoms with E-state index in [0.29, 0.717) is 0 Å². The van der Waals surface area contributed by atoms with Gasteiger partial charge >= 0.3 is 0 Å². The third-order valence-corrected chi connectivity index (χ3v) is 4.01. The SMILES string of the molecule is COc1cccc(-c2csc(Nc3ccccc3C)n2)c1. The summed E-state index contributed by atoms with van der Waals surface area (Å²) in [5.41, 5.74) is 4.30. The van der Waals surface area contributed by atoms with E-state index in [0.717, 1.165) is 27.8 Å². The first kappa shape index (κ1) is 13.6. The molecule has 0 radical (unpaired) electrons. The van der Waals surface area contributed by atoms with Crippen molar-refractivity contribution in [1.29, 1.82) is 0 Å². The summed E-state index contributed by atoms with van der Waals surface area (Å²) in [5.74, 6) is 0.842. The average molecular weight is 296 g/mol. The van der Waals surface area contributed by atoms with Gasteiger partial charge in [-0.1, -0.05) is 30.3 Å². The first-order chi connectivity index (χ1) is 10.3. The van der Waals surface area contributed by atoms with Crippen LogP contribution in [0.2, 0.25) is 0 Å². The van der Waals surface area contributed by atoms with Crippen LogP contribution in [-0.2, 0) is 0 Å². The molecular formula is C17H16N2OS. The summed E-state index contributed by atoms with van der Waals surface area (Å²) in [6.07, 6.45) is 0. The standard InChI is InChI=1S/C17H16N2OS/c1-12-6-3-4-9-15(12)18-17-19-16(11-21-17)13-7-5-8-14(10-13)20-2/h3-11H,1-2H3,(H,18,19). The zero-order valence-electron chi connectivity index (χ0n) is 12.0. The smallest absolute Gasteiger partial charge is 0.187 e. The van der Waals surface area contributed by atoms with Crippen LogP contribution in [0.25, 0.3) is 11.3 Å². The molecule has 106 valence electrons. The van der Waals surface area contributed by atoms with Gasteiger partial charge in [0.15, 0.2) is 5.13 Å². The summed E-state index contributed by atoms with van der Waals surface area (Å²) >= 11 is 1.60. The van der Waals surface area contributed by atoms with Crippen molar-refractivity contribution in [2.45, 2.75) is 6.92 Å². The number of methoxy groups -OCH3 is 1. The fourth-order valence-electron chi connectivity index (χ4n) is 2.07. The Hall–Kier alpha value is -2.33. The Balaban J connectivity index is 1.85. The lowest BCUT2D eigenvalue weighted by Gasteiger charge is -2.05. The molecule has 1 aromatic heterocycles. The Kier molecular flexibility index (Phi) is 3.88. The minimum Gasteiger partial charge on any atom is -0.497 e. The molecule has 0 aliphatic heterocycles. The predicted octanol–water partition coefficient (Wildman–Crippen LogP) is 4.87. The second kappa shape index (κ2) is 5.97. The maximum atomic E-state index is 5.25. The van der Waals surface area contributed by atoms with E-state index >= 15 is 0 Å². The minimum absolute atomic E-state index is 0.842. The van der Waals surface area contributed by atoms with Crippen LogP contribution < -0.4 is 10.1 Å². The highest BCUT2D eigenvalue weighted by molar-refractivity contribution is 7.14. The molecule has 0 bridgehead atoms. The Morgan fingerprint density at radius 3 is 2.76 bits per heavy atom. The minimum atomic E-state index is 0.842. The number of nitrogens with zero attached hydrogens (tertiary/aromatic N) is 1. The van der Waals surface area contributed by atoms with Gasteiger partial charge in [-0.25, -0.2) is 4.98 Å². The lowest BCUT2D eigenvalue weighted by molar-refractivity contribution is 0.415. The molecule has 0 unspecified atom stereocenters. The molecule has 0 aliphatic carbocycles. The highest BCUT2D eigenvalue weighted by Gasteiger charge is 2.06. The predicted molar refractivity (Wildman–Crippen MR) is 88.6 cm³/mol. The number of thiazole rings is 1. The number of rotatable bonds is 4. The highest BCUT2D eigenvalue weighted by Crippen LogP contribution is 2.29. The number of ether oxygens (including phenoxy) is 1. The Morgan fingerprint density at radius 1 is 1.10 bits per heavy atom. The van der Waals surface area contributed by atoms with E-state index in [4.69, 9.17) is 4.74 Å². The number of anilines is 2. The maximum Gasteiger partial charge on any atom is 0.187 e. The van der Waals surface area contributed by atoms with Gasteiger partial charge in [-0.05, 0) is 30.7 Å². The van der Waals surface area contributed by atoms with E-state index in [1.807, 2.05) is 36.4 Å². The Morgan fingerprint density at radius 2 is 1.95 bits per heavy atom. The summed E-state index contributed by atoms with van der Waals surface area (Å²) in [4.78, 5) is 4.64. The number of hydrogen-bond donors (Lipinski definition) is 1. The number of benzene rings is 2. The largest absolute Gasteiger partial charge is 0.497 e. The number of nitrogens with one attached hydrogen (secondary N) is 1. The van der Waals surface area contributed by atoms with Crippen molar-refractivity contribution >= 4 is 22.2 Å². The molecule has 0 spiro atoms. The molecule has 1 N–H and O–H groups in total. The molecule has 0 saturated carbocycles. The van der Waals surface area contributed by atoms with Crippen LogP contribution in [0.15, 0.2) is 53.9 Å². The molecular weight excluding hydrogens is 280 g/mol. The first-order valence-electron chi connectivity index (χ1n) is 6.69. The van der Waals surface area contributed by atoms with Crippen LogP contribution in [-0.4, -0.2) is 12.1 Å². The molecule has 0 saturated heterocycles. The van der Waals surface area contributed by atoms with Crippen LogP contribution in [0.3, 0.4) is 0 Å². The van der Waals surface area contributed by atoms with Crippen LogP contribution in [0.4, 0.5) is 10.8 Å². The first-order valence-corrected chi connectivity index (χ1v) is 7.57. The van der Waals surface area contributed by atoms with E-state index in [-0.39, 0.29) is 0 Å². The summed E-state index contributed by atoms with van der Waals surface area (Å²) < 4.78 is 5.25. The van der Waals surface area contributed by atoms with Gasteiger partial charge in [0.25, 0.3) is 0 Å². The van der Waals surface area contributed by atoms with Crippen LogP contribution in [0, 0.1) is 6.92 Å². The van der Waals surface area contributed by atoms with Crippen molar-refractivity contribution in [2.75, 3.05) is 12.4 Å². The summed E-state index contributed by atoms with van der Waals surface area (Å²) in [6.45, 7) is 2.08. The van der Waals surface area contributed by atoms with E-state index in [1.165, 1.54) is 5.56 Å². The fraction of sp³-hybridized carbons (Fsp3) is 0.118. The highest BCUT2D eigenvalue weighted by atomic mass is 32.1. The van der Waals surface area contributed by atoms with Crippen LogP contribution >= 0.6 is 11.3 Å². The summed E-state index contributed by atoms with van der Waals surface area (Å²) in [5, 5.41) is 6.31. The van der Waals surface area contributed by atoms with Crippen molar-refractivity contribution in [1.82, 2.24) is 4.98 Å². The molecule has 0 amide bonds. The lowest BCUT2D eigenvalue weighted by Crippen LogP contribution is -1.92. The molecule has 4 heteroatoms. The number of aryl methyl sites for hydroxylation is 1. The van der Waals surface area contributed by atoms with Crippen molar-refractivity contribution in [3.63, 3.8) is 0 Å². The molecule has 0 aliphatic rings. The monoisotopic (exact) mass is 296 g/mol. The Bertz CT molecular complexity index is 752. The molecule has 2 aromatic carbocycles. The van der Waals surface area contributed by atoms with Gasteiger partial charge in [0.1, 0.15) is 5.75 Å². The third kappa shape index (κ3) is 3.06. The van der Waals surface area contributed by atoms with Gasteiger partial charge < -0.3 is 10.1 Å². The van der Waals surface area contributed by atoms with E-state index in [2.05, 4.69) is 34.7 Å². The van der Waals surface area contributed by atoms with Gasteiger partial charge in [-0.15, -0.1) is 11.3 Å². The van der Waals surface area contributed by atoms with Gasteiger partial charge in [-0.2, -0.15) is 0 Å². The lowest BCUT2D eigenvalue weighted by atomic mass is 10.2. The summed E-state index contributed by atoms with van der Waals surface area (Å²) in [6, 6.07) is 16.1. The molecule has 3 aromatic rings. The Labute approximate surface area is 128 Å². The van der Waals surface area contributed by atoms with Gasteiger partial charge in [0.2, 0.25) is 0 Å². The maximum absolute atomic E-state index is 5.25. The van der Waals surface area contributed by atoms with E-state index in [9.17, 15) is 0 Å². The van der Waals surface area contributed by atoms with E-state index in [1.54, 1.807) is 18.4 Å². The fourth-order valence-corrected chi connectivity index (χ4v) is 2.81. The quantitative estimate of drug-likeness (QED) is 0.745. The van der Waals surface area contributed by atoms with Crippen LogP contribution in [0.5, 0.6) is 5.75 Å². The average Bonchev–Trinajstić information content (AvgIpc) is 2.98. The van der Waals surface area contributed by atoms with E-state index < -0.39 is 0 Å². The van der Waals surface area contributed by atoms with Crippen molar-refractivity contribution in [3.05, 3.63) is 59.5 Å². The topological polar surface area (TPSA) is 34.1 Å². The molecule has 3 nitrogen and oxygen atoms in total. The van der Waals surface area contributed by atoms with Crippen molar-refractivity contribution in [3.8, 4) is 17.0 Å². The van der Waals surface area contributed by atoms with Crippen LogP contribution in [0.1, 0.15) is 5.56 Å². The van der Waals surface area contributed by atoms with Gasteiger partial charge in [-0.3, -0.25) is 0 Å².